The first-order chi connectivity index (χ1) is 34.8. The van der Waals surface area contributed by atoms with Crippen LogP contribution in [-0.2, 0) is 42.7 Å². The number of hydrogen-bond acceptors (Lipinski definition) is 18. The third-order valence-corrected chi connectivity index (χ3v) is 19.2. The monoisotopic (exact) mass is 1040 g/mol. The van der Waals surface area contributed by atoms with E-state index in [4.69, 9.17) is 33.2 Å². The van der Waals surface area contributed by atoms with Crippen molar-refractivity contribution in [3.05, 3.63) is 46.0 Å². The van der Waals surface area contributed by atoms with Gasteiger partial charge in [0.1, 0.15) is 54.1 Å². The Labute approximate surface area is 435 Å². The SMILES string of the molecule is CC(=O)O[C@H]1[C@H](O[C@H]2C[C@H]3[C@@H]4CC=C5C[C@@H](O[C@@H]6O[C@H](CO)[C@@H](O)[C@H](O)[C@H]6O)CC[C@]5(C)[C@H]4CC[C@]3(C)[C@@]2(O)[C@H](C)C(=O)CCC(C)C)OC[C@H](O)[C@@H]1O[C@H]1CC[C@@H](O)[C@H](O)[C@H]1OC(=O)c1cc(C)c(C)c(C)c1. The van der Waals surface area contributed by atoms with Crippen LogP contribution >= 0.6 is 0 Å². The molecule has 22 atom stereocenters. The van der Waals surface area contributed by atoms with Gasteiger partial charge in [0, 0.05) is 24.7 Å². The number of ketones is 1. The first kappa shape index (κ1) is 57.2. The average molecular weight is 1050 g/mol. The molecule has 8 rings (SSSR count). The van der Waals surface area contributed by atoms with Crippen molar-refractivity contribution in [3.8, 4) is 0 Å². The van der Waals surface area contributed by atoms with Crippen molar-refractivity contribution in [3.63, 3.8) is 0 Å². The molecule has 0 radical (unpaired) electrons. The van der Waals surface area contributed by atoms with Crippen molar-refractivity contribution < 1.29 is 88.4 Å². The fourth-order valence-corrected chi connectivity index (χ4v) is 14.4. The summed E-state index contributed by atoms with van der Waals surface area (Å²) in [6.45, 7) is 16.2. The highest BCUT2D eigenvalue weighted by Gasteiger charge is 2.71. The largest absolute Gasteiger partial charge is 0.454 e. The number of ether oxygens (including phenoxy) is 7. The molecular weight excluding hydrogens is 961 g/mol. The Morgan fingerprint density at radius 1 is 0.784 bits per heavy atom. The van der Waals surface area contributed by atoms with E-state index < -0.39 is 121 Å². The van der Waals surface area contributed by atoms with E-state index in [-0.39, 0.29) is 72.4 Å². The summed E-state index contributed by atoms with van der Waals surface area (Å²) in [7, 11) is 0. The molecule has 2 saturated heterocycles. The number of hydrogen-bond donors (Lipinski definition) is 8. The van der Waals surface area contributed by atoms with Crippen molar-refractivity contribution >= 4 is 17.7 Å². The van der Waals surface area contributed by atoms with Gasteiger partial charge in [0.25, 0.3) is 0 Å². The first-order valence-electron chi connectivity index (χ1n) is 27.2. The standard InChI is InChI=1S/C56H84O18/c1-26(2)10-13-38(59)30(6)56(67)43(23-37-35-12-11-33-22-34(16-18-54(33,8)36(35)17-19-55(37,56)9)70-52-47(65)46(64)45(63)42(24-57)72-52)73-53-50(69-31(7)58)48(40(61)25-68-53)71-41-15-14-39(60)44(62)49(41)74-51(66)32-20-27(3)29(5)28(4)21-32/h11,20-21,26,30,34-37,39-50,52-53,57,60-65,67H,10,12-19,22-25H2,1-9H3/t30-,34+,35-,36+,37+,39-,40+,41+,42-,43+,44+,45-,46+,47-,48+,49+,50-,52-,53+,54+,55+,56-/m1/s1. The second kappa shape index (κ2) is 22.4. The number of carbonyl (C=O) groups excluding carboxylic acids is 3. The van der Waals surface area contributed by atoms with Gasteiger partial charge in [0.05, 0.1) is 43.2 Å². The quantitative estimate of drug-likeness (QED) is 0.0921. The summed E-state index contributed by atoms with van der Waals surface area (Å²) in [5.74, 6) is -2.10. The lowest BCUT2D eigenvalue weighted by molar-refractivity contribution is -0.319. The lowest BCUT2D eigenvalue weighted by Gasteiger charge is -2.59. The Kier molecular flexibility index (Phi) is 17.3. The fraction of sp³-hybridized carbons (Fsp3) is 0.804. The van der Waals surface area contributed by atoms with Gasteiger partial charge in [-0.25, -0.2) is 4.79 Å². The summed E-state index contributed by atoms with van der Waals surface area (Å²) >= 11 is 0. The third kappa shape index (κ3) is 10.6. The zero-order chi connectivity index (χ0) is 53.9. The molecular formula is C56H84O18. The van der Waals surface area contributed by atoms with Crippen molar-refractivity contribution in [2.24, 2.45) is 40.4 Å². The maximum Gasteiger partial charge on any atom is 0.338 e. The molecule has 2 heterocycles. The first-order valence-corrected chi connectivity index (χ1v) is 27.2. The van der Waals surface area contributed by atoms with Crippen LogP contribution in [0.4, 0.5) is 0 Å². The topological polar surface area (TPSA) is 278 Å². The van der Waals surface area contributed by atoms with Gasteiger partial charge in [-0.3, -0.25) is 9.59 Å². The van der Waals surface area contributed by atoms with Crippen LogP contribution in [0.2, 0.25) is 0 Å². The molecule has 74 heavy (non-hydrogen) atoms. The molecule has 0 spiro atoms. The average Bonchev–Trinajstić information content (AvgIpc) is 3.58. The summed E-state index contributed by atoms with van der Waals surface area (Å²) in [4.78, 5) is 41.1. The molecule has 6 fully saturated rings. The minimum absolute atomic E-state index is 0.0680. The van der Waals surface area contributed by atoms with Gasteiger partial charge < -0.3 is 74.0 Å². The Morgan fingerprint density at radius 2 is 1.49 bits per heavy atom. The summed E-state index contributed by atoms with van der Waals surface area (Å²) < 4.78 is 43.6. The van der Waals surface area contributed by atoms with Gasteiger partial charge in [-0.05, 0) is 143 Å². The Morgan fingerprint density at radius 3 is 2.15 bits per heavy atom. The third-order valence-electron chi connectivity index (χ3n) is 19.2. The molecule has 0 aromatic heterocycles. The lowest BCUT2D eigenvalue weighted by atomic mass is 9.46. The number of aliphatic hydroxyl groups is 8. The number of fused-ring (bicyclic) bond motifs is 5. The van der Waals surface area contributed by atoms with Crippen LogP contribution in [0.1, 0.15) is 139 Å². The number of carbonyl (C=O) groups is 3. The zero-order valence-corrected chi connectivity index (χ0v) is 44.6. The number of aryl methyl sites for hydroxylation is 2. The Bertz CT molecular complexity index is 2190. The molecule has 0 bridgehead atoms. The number of Topliss-reactive ketones (excluding diaryl/α,β-unsaturated/α-hetero) is 1. The van der Waals surface area contributed by atoms with Crippen molar-refractivity contribution in [1.82, 2.24) is 0 Å². The molecule has 18 nitrogen and oxygen atoms in total. The van der Waals surface area contributed by atoms with E-state index in [2.05, 4.69) is 19.9 Å². The van der Waals surface area contributed by atoms with Gasteiger partial charge in [-0.1, -0.05) is 46.3 Å². The normalized spacial score (nSPS) is 43.6. The summed E-state index contributed by atoms with van der Waals surface area (Å²) in [6, 6.07) is 3.38. The van der Waals surface area contributed by atoms with Crippen LogP contribution < -0.4 is 0 Å². The van der Waals surface area contributed by atoms with Gasteiger partial charge in [0.2, 0.25) is 0 Å². The maximum absolute atomic E-state index is 14.4. The van der Waals surface area contributed by atoms with E-state index in [1.807, 2.05) is 34.6 Å². The molecule has 7 aliphatic rings. The zero-order valence-electron chi connectivity index (χ0n) is 44.6. The molecule has 5 aliphatic carbocycles. The predicted molar refractivity (Wildman–Crippen MR) is 265 cm³/mol. The lowest BCUT2D eigenvalue weighted by Crippen LogP contribution is -2.64. The smallest absolute Gasteiger partial charge is 0.338 e. The molecule has 8 N–H and O–H groups in total. The molecule has 18 heteroatoms. The van der Waals surface area contributed by atoms with Crippen molar-refractivity contribution in [2.45, 2.75) is 230 Å². The number of allylic oxidation sites excluding steroid dienone is 1. The number of benzene rings is 1. The highest BCUT2D eigenvalue weighted by Crippen LogP contribution is 2.69. The van der Waals surface area contributed by atoms with Crippen LogP contribution in [-0.4, -0.2) is 169 Å². The molecule has 4 saturated carbocycles. The van der Waals surface area contributed by atoms with E-state index in [0.29, 0.717) is 38.5 Å². The summed E-state index contributed by atoms with van der Waals surface area (Å²) in [6.07, 6.45) is -11.5. The van der Waals surface area contributed by atoms with Crippen molar-refractivity contribution in [2.75, 3.05) is 13.2 Å². The highest BCUT2D eigenvalue weighted by atomic mass is 16.7. The van der Waals surface area contributed by atoms with Crippen LogP contribution in [0.25, 0.3) is 0 Å². The minimum Gasteiger partial charge on any atom is -0.454 e. The van der Waals surface area contributed by atoms with Crippen LogP contribution in [0, 0.1) is 61.2 Å². The van der Waals surface area contributed by atoms with Gasteiger partial charge >= 0.3 is 11.9 Å². The van der Waals surface area contributed by atoms with E-state index in [1.165, 1.54) is 12.5 Å². The number of esters is 2. The second-order valence-electron chi connectivity index (χ2n) is 23.9. The summed E-state index contributed by atoms with van der Waals surface area (Å²) in [5, 5.41) is 88.7. The van der Waals surface area contributed by atoms with E-state index in [9.17, 15) is 55.2 Å². The predicted octanol–water partition coefficient (Wildman–Crippen LogP) is 3.57. The van der Waals surface area contributed by atoms with Gasteiger partial charge in [-0.15, -0.1) is 0 Å². The second-order valence-corrected chi connectivity index (χ2v) is 23.9. The van der Waals surface area contributed by atoms with Crippen LogP contribution in [0.5, 0.6) is 0 Å². The molecule has 0 unspecified atom stereocenters. The van der Waals surface area contributed by atoms with E-state index in [0.717, 1.165) is 29.5 Å². The summed E-state index contributed by atoms with van der Waals surface area (Å²) in [5.41, 5.74) is 1.40. The molecule has 2 aliphatic heterocycles. The molecule has 1 aromatic carbocycles. The Hall–Kier alpha value is -2.95. The van der Waals surface area contributed by atoms with E-state index >= 15 is 0 Å². The maximum atomic E-state index is 14.4. The van der Waals surface area contributed by atoms with E-state index in [1.54, 1.807) is 19.1 Å². The Balaban J connectivity index is 1.06. The molecule has 416 valence electrons. The number of aliphatic hydroxyl groups excluding tert-OH is 7. The van der Waals surface area contributed by atoms with Gasteiger partial charge in [-0.2, -0.15) is 0 Å². The van der Waals surface area contributed by atoms with Gasteiger partial charge in [0.15, 0.2) is 24.8 Å². The fourth-order valence-electron chi connectivity index (χ4n) is 14.4. The van der Waals surface area contributed by atoms with Crippen LogP contribution in [0.3, 0.4) is 0 Å². The molecule has 0 amide bonds. The van der Waals surface area contributed by atoms with Crippen LogP contribution in [0.15, 0.2) is 23.8 Å². The highest BCUT2D eigenvalue weighted by molar-refractivity contribution is 5.90. The van der Waals surface area contributed by atoms with Crippen molar-refractivity contribution in [1.29, 1.82) is 0 Å². The molecule has 1 aromatic rings. The minimum atomic E-state index is -1.73. The number of rotatable bonds is 15.